The Morgan fingerprint density at radius 1 is 1.16 bits per heavy atom. The molecule has 0 saturated carbocycles. The van der Waals surface area contributed by atoms with Crippen molar-refractivity contribution in [2.24, 2.45) is 0 Å². The summed E-state index contributed by atoms with van der Waals surface area (Å²) in [6, 6.07) is 17.5. The number of ether oxygens (including phenoxy) is 1. The first kappa shape index (κ1) is 21.0. The number of aromatic nitrogens is 2. The third-order valence-corrected chi connectivity index (χ3v) is 6.26. The zero-order valence-electron chi connectivity index (χ0n) is 17.3. The number of anilines is 2. The minimum Gasteiger partial charge on any atom is -0.497 e. The summed E-state index contributed by atoms with van der Waals surface area (Å²) in [5.41, 5.74) is 2.06. The summed E-state index contributed by atoms with van der Waals surface area (Å²) in [5, 5.41) is 12.4. The summed E-state index contributed by atoms with van der Waals surface area (Å²) in [5.74, 6) is 0.703. The van der Waals surface area contributed by atoms with Gasteiger partial charge in [0.1, 0.15) is 10.8 Å². The lowest BCUT2D eigenvalue weighted by Gasteiger charge is -2.16. The van der Waals surface area contributed by atoms with Crippen LogP contribution in [0.15, 0.2) is 54.6 Å². The monoisotopic (exact) mass is 436 g/mol. The average Bonchev–Trinajstić information content (AvgIpc) is 3.41. The molecule has 2 aromatic carbocycles. The van der Waals surface area contributed by atoms with Crippen LogP contribution >= 0.6 is 11.3 Å². The largest absolute Gasteiger partial charge is 0.497 e. The Hall–Kier alpha value is -3.26. The average molecular weight is 437 g/mol. The molecular formula is C23H24N4O3S. The van der Waals surface area contributed by atoms with Crippen molar-refractivity contribution in [3.63, 3.8) is 0 Å². The van der Waals surface area contributed by atoms with Crippen LogP contribution in [0.3, 0.4) is 0 Å². The van der Waals surface area contributed by atoms with Crippen molar-refractivity contribution in [2.75, 3.05) is 23.9 Å². The molecule has 160 valence electrons. The van der Waals surface area contributed by atoms with Gasteiger partial charge in [-0.05, 0) is 42.7 Å². The highest BCUT2D eigenvalue weighted by atomic mass is 32.1. The molecule has 2 amide bonds. The maximum absolute atomic E-state index is 12.5. The molecule has 7 nitrogen and oxygen atoms in total. The lowest BCUT2D eigenvalue weighted by atomic mass is 10.1. The number of hydrogen-bond acceptors (Lipinski definition) is 6. The van der Waals surface area contributed by atoms with Gasteiger partial charge in [-0.15, -0.1) is 10.2 Å². The van der Waals surface area contributed by atoms with E-state index in [0.717, 1.165) is 29.3 Å². The maximum atomic E-state index is 12.5. The summed E-state index contributed by atoms with van der Waals surface area (Å²) in [6.07, 6.45) is 2.44. The second-order valence-electron chi connectivity index (χ2n) is 7.44. The van der Waals surface area contributed by atoms with Crippen molar-refractivity contribution in [3.8, 4) is 5.75 Å². The lowest BCUT2D eigenvalue weighted by Crippen LogP contribution is -2.24. The van der Waals surface area contributed by atoms with E-state index in [0.29, 0.717) is 24.5 Å². The third-order valence-electron chi connectivity index (χ3n) is 5.26. The highest BCUT2D eigenvalue weighted by Crippen LogP contribution is 2.34. The van der Waals surface area contributed by atoms with Crippen molar-refractivity contribution in [3.05, 3.63) is 65.2 Å². The van der Waals surface area contributed by atoms with Crippen molar-refractivity contribution < 1.29 is 14.3 Å². The number of nitrogens with zero attached hydrogens (tertiary/aromatic N) is 3. The quantitative estimate of drug-likeness (QED) is 0.576. The normalized spacial score (nSPS) is 15.8. The predicted octanol–water partition coefficient (Wildman–Crippen LogP) is 4.03. The Kier molecular flexibility index (Phi) is 6.57. The van der Waals surface area contributed by atoms with E-state index >= 15 is 0 Å². The Bertz CT molecular complexity index is 1040. The molecule has 1 fully saturated rings. The van der Waals surface area contributed by atoms with E-state index in [1.807, 2.05) is 42.5 Å². The maximum Gasteiger partial charge on any atom is 0.227 e. The van der Waals surface area contributed by atoms with E-state index in [1.165, 1.54) is 16.9 Å². The van der Waals surface area contributed by atoms with Crippen LogP contribution in [-0.4, -0.2) is 35.7 Å². The molecule has 0 bridgehead atoms. The molecule has 31 heavy (non-hydrogen) atoms. The van der Waals surface area contributed by atoms with Gasteiger partial charge in [-0.1, -0.05) is 41.7 Å². The summed E-state index contributed by atoms with van der Waals surface area (Å²) in [7, 11) is 1.61. The van der Waals surface area contributed by atoms with Gasteiger partial charge in [0.05, 0.1) is 7.11 Å². The van der Waals surface area contributed by atoms with Gasteiger partial charge in [0.15, 0.2) is 0 Å². The van der Waals surface area contributed by atoms with Crippen molar-refractivity contribution in [1.29, 1.82) is 0 Å². The molecule has 0 spiro atoms. The molecule has 2 heterocycles. The fraction of sp³-hybridized carbons (Fsp3) is 0.304. The number of nitrogens with one attached hydrogen (secondary N) is 1. The number of carbonyl (C=O) groups is 2. The van der Waals surface area contributed by atoms with Crippen molar-refractivity contribution in [1.82, 2.24) is 10.2 Å². The second kappa shape index (κ2) is 9.70. The van der Waals surface area contributed by atoms with Gasteiger partial charge < -0.3 is 15.0 Å². The zero-order valence-corrected chi connectivity index (χ0v) is 18.1. The fourth-order valence-electron chi connectivity index (χ4n) is 3.61. The van der Waals surface area contributed by atoms with Gasteiger partial charge in [-0.2, -0.15) is 0 Å². The Morgan fingerprint density at radius 2 is 1.94 bits per heavy atom. The standard InChI is InChI=1S/C23H24N4O3S/c1-30-19-12-10-18(11-13-19)27-15-17(14-21(27)29)22-25-26-23(31-22)24-20(28)9-5-8-16-6-3-2-4-7-16/h2-4,6-7,10-13,17H,5,8-9,14-15H2,1H3,(H,24,26,28). The van der Waals surface area contributed by atoms with Gasteiger partial charge in [-0.3, -0.25) is 9.59 Å². The van der Waals surface area contributed by atoms with E-state index in [-0.39, 0.29) is 17.7 Å². The van der Waals surface area contributed by atoms with Gasteiger partial charge in [-0.25, -0.2) is 0 Å². The number of carbonyl (C=O) groups excluding carboxylic acids is 2. The molecular weight excluding hydrogens is 412 g/mol. The fourth-order valence-corrected chi connectivity index (χ4v) is 4.47. The van der Waals surface area contributed by atoms with E-state index in [4.69, 9.17) is 4.74 Å². The number of aryl methyl sites for hydroxylation is 1. The van der Waals surface area contributed by atoms with Crippen LogP contribution in [0, 0.1) is 0 Å². The van der Waals surface area contributed by atoms with Gasteiger partial charge >= 0.3 is 0 Å². The van der Waals surface area contributed by atoms with Gasteiger partial charge in [0.25, 0.3) is 0 Å². The van der Waals surface area contributed by atoms with E-state index in [1.54, 1.807) is 12.0 Å². The molecule has 1 atom stereocenters. The van der Waals surface area contributed by atoms with Crippen LogP contribution < -0.4 is 15.0 Å². The summed E-state index contributed by atoms with van der Waals surface area (Å²) >= 11 is 1.34. The molecule has 3 aromatic rings. The summed E-state index contributed by atoms with van der Waals surface area (Å²) in [6.45, 7) is 0.546. The molecule has 8 heteroatoms. The highest BCUT2D eigenvalue weighted by molar-refractivity contribution is 7.15. The second-order valence-corrected chi connectivity index (χ2v) is 8.45. The molecule has 1 unspecified atom stereocenters. The molecule has 1 aliphatic heterocycles. The Labute approximate surface area is 185 Å². The first-order valence-electron chi connectivity index (χ1n) is 10.2. The molecule has 0 aliphatic carbocycles. The van der Waals surface area contributed by atoms with Crippen molar-refractivity contribution >= 4 is 34.0 Å². The van der Waals surface area contributed by atoms with Crippen LogP contribution in [0.5, 0.6) is 5.75 Å². The minimum absolute atomic E-state index is 0.0316. The SMILES string of the molecule is COc1ccc(N2CC(c3nnc(NC(=O)CCCc4ccccc4)s3)CC2=O)cc1. The lowest BCUT2D eigenvalue weighted by molar-refractivity contribution is -0.117. The van der Waals surface area contributed by atoms with Gasteiger partial charge in [0, 0.05) is 31.0 Å². The number of rotatable bonds is 8. The summed E-state index contributed by atoms with van der Waals surface area (Å²) < 4.78 is 5.18. The Morgan fingerprint density at radius 3 is 2.68 bits per heavy atom. The molecule has 1 N–H and O–H groups in total. The van der Waals surface area contributed by atoms with Crippen LogP contribution in [0.2, 0.25) is 0 Å². The van der Waals surface area contributed by atoms with Gasteiger partial charge in [0.2, 0.25) is 16.9 Å². The Balaban J connectivity index is 1.30. The number of amides is 2. The van der Waals surface area contributed by atoms with E-state index < -0.39 is 0 Å². The van der Waals surface area contributed by atoms with Crippen LogP contribution in [-0.2, 0) is 16.0 Å². The van der Waals surface area contributed by atoms with E-state index in [2.05, 4.69) is 27.6 Å². The smallest absolute Gasteiger partial charge is 0.227 e. The molecule has 0 radical (unpaired) electrons. The van der Waals surface area contributed by atoms with Crippen LogP contribution in [0.4, 0.5) is 10.8 Å². The zero-order chi connectivity index (χ0) is 21.6. The topological polar surface area (TPSA) is 84.4 Å². The predicted molar refractivity (Wildman–Crippen MR) is 121 cm³/mol. The molecule has 4 rings (SSSR count). The minimum atomic E-state index is -0.0685. The number of hydrogen-bond donors (Lipinski definition) is 1. The first-order chi connectivity index (χ1) is 15.1. The number of benzene rings is 2. The summed E-state index contributed by atoms with van der Waals surface area (Å²) in [4.78, 5) is 26.5. The van der Waals surface area contributed by atoms with Crippen LogP contribution in [0.1, 0.15) is 35.8 Å². The van der Waals surface area contributed by atoms with Crippen LogP contribution in [0.25, 0.3) is 0 Å². The number of methoxy groups -OCH3 is 1. The third kappa shape index (κ3) is 5.27. The first-order valence-corrected chi connectivity index (χ1v) is 11.1. The molecule has 1 aromatic heterocycles. The molecule has 1 saturated heterocycles. The molecule has 1 aliphatic rings. The highest BCUT2D eigenvalue weighted by Gasteiger charge is 2.34. The van der Waals surface area contributed by atoms with E-state index in [9.17, 15) is 9.59 Å². The van der Waals surface area contributed by atoms with Crippen molar-refractivity contribution in [2.45, 2.75) is 31.6 Å².